The van der Waals surface area contributed by atoms with Gasteiger partial charge in [-0.2, -0.15) is 0 Å². The van der Waals surface area contributed by atoms with Crippen molar-refractivity contribution >= 4 is 38.5 Å². The molecule has 6 nitrogen and oxygen atoms in total. The monoisotopic (exact) mass is 365 g/mol. The number of benzene rings is 2. The van der Waals surface area contributed by atoms with Crippen LogP contribution in [0.3, 0.4) is 0 Å². The molecule has 0 aliphatic carbocycles. The Balaban J connectivity index is 2.45. The van der Waals surface area contributed by atoms with Gasteiger partial charge in [0.1, 0.15) is 5.75 Å². The first-order valence-electron chi connectivity index (χ1n) is 6.79. The summed E-state index contributed by atoms with van der Waals surface area (Å²) in [6, 6.07) is 10.7. The molecular formula is C16H12ClNO5S. The average Bonchev–Trinajstić information content (AvgIpc) is 2.99. The quantitative estimate of drug-likeness (QED) is 0.767. The highest BCUT2D eigenvalue weighted by atomic mass is 35.5. The molecule has 1 N–H and O–H groups in total. The van der Waals surface area contributed by atoms with Crippen LogP contribution in [0.4, 0.5) is 0 Å². The summed E-state index contributed by atoms with van der Waals surface area (Å²) in [7, 11) is -2.64. The van der Waals surface area contributed by atoms with Gasteiger partial charge in [0, 0.05) is 6.20 Å². The smallest absolute Gasteiger partial charge is 0.338 e. The van der Waals surface area contributed by atoms with E-state index in [1.54, 1.807) is 18.2 Å². The second-order valence-corrected chi connectivity index (χ2v) is 7.16. The van der Waals surface area contributed by atoms with Crippen LogP contribution in [0, 0.1) is 0 Å². The van der Waals surface area contributed by atoms with Gasteiger partial charge in [-0.05, 0) is 24.3 Å². The Morgan fingerprint density at radius 2 is 1.83 bits per heavy atom. The van der Waals surface area contributed by atoms with Crippen molar-refractivity contribution in [2.75, 3.05) is 7.11 Å². The Kier molecular flexibility index (Phi) is 3.98. The minimum Gasteiger partial charge on any atom is -0.496 e. The molecule has 3 aromatic rings. The first-order valence-corrected chi connectivity index (χ1v) is 8.61. The molecule has 0 aliphatic rings. The molecule has 8 heteroatoms. The summed E-state index contributed by atoms with van der Waals surface area (Å²) in [6.45, 7) is 0. The summed E-state index contributed by atoms with van der Waals surface area (Å²) in [5, 5.41) is 9.68. The van der Waals surface area contributed by atoms with E-state index in [0.717, 1.165) is 10.2 Å². The van der Waals surface area contributed by atoms with Crippen LogP contribution < -0.4 is 4.74 Å². The van der Waals surface area contributed by atoms with Gasteiger partial charge in [-0.15, -0.1) is 0 Å². The highest BCUT2D eigenvalue weighted by Crippen LogP contribution is 2.37. The molecule has 0 spiro atoms. The molecule has 0 unspecified atom stereocenters. The second kappa shape index (κ2) is 5.85. The lowest BCUT2D eigenvalue weighted by molar-refractivity contribution is 0.0699. The lowest BCUT2D eigenvalue weighted by Gasteiger charge is -2.09. The predicted molar refractivity (Wildman–Crippen MR) is 89.5 cm³/mol. The van der Waals surface area contributed by atoms with E-state index < -0.39 is 16.0 Å². The topological polar surface area (TPSA) is 85.6 Å². The largest absolute Gasteiger partial charge is 0.496 e. The van der Waals surface area contributed by atoms with Crippen molar-refractivity contribution in [1.29, 1.82) is 0 Å². The van der Waals surface area contributed by atoms with Crippen molar-refractivity contribution in [1.82, 2.24) is 3.97 Å². The maximum absolute atomic E-state index is 12.9. The van der Waals surface area contributed by atoms with E-state index in [1.807, 2.05) is 0 Å². The third kappa shape index (κ3) is 2.42. The fourth-order valence-corrected chi connectivity index (χ4v) is 4.20. The third-order valence-corrected chi connectivity index (χ3v) is 5.56. The molecule has 0 saturated carbocycles. The van der Waals surface area contributed by atoms with Crippen LogP contribution in [0.2, 0.25) is 5.02 Å². The minimum absolute atomic E-state index is 0.0257. The molecule has 1 aromatic heterocycles. The van der Waals surface area contributed by atoms with Crippen LogP contribution >= 0.6 is 11.6 Å². The summed E-state index contributed by atoms with van der Waals surface area (Å²) < 4.78 is 31.9. The van der Waals surface area contributed by atoms with Crippen molar-refractivity contribution in [3.63, 3.8) is 0 Å². The predicted octanol–water partition coefficient (Wildman–Crippen LogP) is 3.24. The van der Waals surface area contributed by atoms with Gasteiger partial charge in [0.2, 0.25) is 0 Å². The number of hydrogen-bond donors (Lipinski definition) is 1. The number of halogens is 1. The summed E-state index contributed by atoms with van der Waals surface area (Å²) in [4.78, 5) is 11.6. The van der Waals surface area contributed by atoms with E-state index in [-0.39, 0.29) is 32.1 Å². The molecular weight excluding hydrogens is 354 g/mol. The molecule has 24 heavy (non-hydrogen) atoms. The Hall–Kier alpha value is -2.51. The Morgan fingerprint density at radius 3 is 2.42 bits per heavy atom. The van der Waals surface area contributed by atoms with Crippen molar-refractivity contribution in [3.8, 4) is 5.75 Å². The molecule has 3 rings (SSSR count). The zero-order valence-corrected chi connectivity index (χ0v) is 14.0. The summed E-state index contributed by atoms with van der Waals surface area (Å²) in [6.07, 6.45) is 1.05. The van der Waals surface area contributed by atoms with E-state index >= 15 is 0 Å². The van der Waals surface area contributed by atoms with Crippen molar-refractivity contribution < 1.29 is 23.1 Å². The molecule has 0 atom stereocenters. The fourth-order valence-electron chi connectivity index (χ4n) is 2.50. The molecule has 0 amide bonds. The summed E-state index contributed by atoms with van der Waals surface area (Å²) >= 11 is 6.17. The van der Waals surface area contributed by atoms with E-state index in [9.17, 15) is 18.3 Å². The van der Waals surface area contributed by atoms with Crippen LogP contribution in [-0.2, 0) is 10.0 Å². The van der Waals surface area contributed by atoms with E-state index in [2.05, 4.69) is 0 Å². The van der Waals surface area contributed by atoms with Crippen molar-refractivity contribution in [2.24, 2.45) is 0 Å². The zero-order chi connectivity index (χ0) is 17.5. The van der Waals surface area contributed by atoms with Gasteiger partial charge in [-0.1, -0.05) is 29.8 Å². The number of carbonyl (C=O) groups is 1. The molecule has 0 fully saturated rings. The number of ether oxygens (including phenoxy) is 1. The first-order chi connectivity index (χ1) is 11.4. The van der Waals surface area contributed by atoms with E-state index in [1.165, 1.54) is 31.4 Å². The second-order valence-electron chi connectivity index (χ2n) is 4.94. The number of carboxylic acid groups (broad SMARTS) is 1. The number of rotatable bonds is 4. The van der Waals surface area contributed by atoms with Gasteiger partial charge in [0.25, 0.3) is 10.0 Å². The highest BCUT2D eigenvalue weighted by Gasteiger charge is 2.27. The normalized spacial score (nSPS) is 11.6. The van der Waals surface area contributed by atoms with Gasteiger partial charge >= 0.3 is 5.97 Å². The first kappa shape index (κ1) is 16.4. The van der Waals surface area contributed by atoms with Crippen LogP contribution in [0.1, 0.15) is 10.4 Å². The van der Waals surface area contributed by atoms with Gasteiger partial charge < -0.3 is 9.84 Å². The van der Waals surface area contributed by atoms with Crippen molar-refractivity contribution in [3.05, 3.63) is 59.2 Å². The van der Waals surface area contributed by atoms with E-state index in [0.29, 0.717) is 0 Å². The van der Waals surface area contributed by atoms with Gasteiger partial charge in [0.15, 0.2) is 0 Å². The lowest BCUT2D eigenvalue weighted by atomic mass is 10.1. The number of aromatic carboxylic acids is 1. The van der Waals surface area contributed by atoms with Gasteiger partial charge in [0.05, 0.1) is 33.5 Å². The van der Waals surface area contributed by atoms with Gasteiger partial charge in [-0.25, -0.2) is 17.2 Å². The van der Waals surface area contributed by atoms with Crippen LogP contribution in [-0.4, -0.2) is 30.6 Å². The number of hydrogen-bond acceptors (Lipinski definition) is 4. The van der Waals surface area contributed by atoms with Crippen LogP contribution in [0.5, 0.6) is 5.75 Å². The lowest BCUT2D eigenvalue weighted by Crippen LogP contribution is -2.12. The number of fused-ring (bicyclic) bond motifs is 1. The standard InChI is InChI=1S/C16H12ClNO5S/c1-23-13-8-7-12(17)15-14(13)11(16(19)20)9-18(15)24(21,22)10-5-3-2-4-6-10/h2-9H,1H3,(H,19,20). The highest BCUT2D eigenvalue weighted by molar-refractivity contribution is 7.90. The number of aromatic nitrogens is 1. The molecule has 2 aromatic carbocycles. The molecule has 0 radical (unpaired) electrons. The fraction of sp³-hybridized carbons (Fsp3) is 0.0625. The zero-order valence-electron chi connectivity index (χ0n) is 12.4. The Bertz CT molecular complexity index is 1040. The Labute approximate surface area is 142 Å². The third-order valence-electron chi connectivity index (χ3n) is 3.58. The molecule has 124 valence electrons. The molecule has 0 aliphatic heterocycles. The summed E-state index contributed by atoms with van der Waals surface area (Å²) in [5.74, 6) is -1.05. The molecule has 0 saturated heterocycles. The van der Waals surface area contributed by atoms with Crippen LogP contribution in [0.25, 0.3) is 10.9 Å². The number of nitrogens with zero attached hydrogens (tertiary/aromatic N) is 1. The van der Waals surface area contributed by atoms with Gasteiger partial charge in [-0.3, -0.25) is 0 Å². The van der Waals surface area contributed by atoms with Crippen molar-refractivity contribution in [2.45, 2.75) is 4.90 Å². The maximum Gasteiger partial charge on any atom is 0.338 e. The Morgan fingerprint density at radius 1 is 1.17 bits per heavy atom. The number of carboxylic acids is 1. The molecule has 1 heterocycles. The summed E-state index contributed by atoms with van der Waals surface area (Å²) in [5.41, 5.74) is -0.138. The van der Waals surface area contributed by atoms with Crippen LogP contribution in [0.15, 0.2) is 53.6 Å². The minimum atomic E-state index is -4.01. The molecule has 0 bridgehead atoms. The number of methoxy groups -OCH3 is 1. The maximum atomic E-state index is 12.9. The SMILES string of the molecule is COc1ccc(Cl)c2c1c(C(=O)O)cn2S(=O)(=O)c1ccccc1. The average molecular weight is 366 g/mol. The van der Waals surface area contributed by atoms with E-state index in [4.69, 9.17) is 16.3 Å².